The molecule has 0 fully saturated rings. The first-order valence-corrected chi connectivity index (χ1v) is 10.3. The molecule has 1 heterocycles. The highest BCUT2D eigenvalue weighted by atomic mass is 32.2. The monoisotopic (exact) mass is 403 g/mol. The Balaban J connectivity index is 1.40. The van der Waals surface area contributed by atoms with Gasteiger partial charge >= 0.3 is 0 Å². The Kier molecular flexibility index (Phi) is 5.53. The third-order valence-corrected chi connectivity index (χ3v) is 5.84. The quantitative estimate of drug-likeness (QED) is 0.653. The molecule has 0 aromatic heterocycles. The number of hydrogen-bond donors (Lipinski definition) is 2. The predicted molar refractivity (Wildman–Crippen MR) is 119 cm³/mol. The molecule has 0 saturated heterocycles. The molecule has 3 aromatic rings. The molecule has 2 amide bonds. The van der Waals surface area contributed by atoms with E-state index in [1.54, 1.807) is 24.1 Å². The maximum absolute atomic E-state index is 12.7. The van der Waals surface area contributed by atoms with Gasteiger partial charge in [0.25, 0.3) is 5.91 Å². The van der Waals surface area contributed by atoms with E-state index in [1.165, 1.54) is 11.8 Å². The van der Waals surface area contributed by atoms with Crippen LogP contribution >= 0.6 is 11.8 Å². The fourth-order valence-corrected chi connectivity index (χ4v) is 4.06. The second-order valence-electron chi connectivity index (χ2n) is 6.79. The molecule has 3 aromatic carbocycles. The minimum absolute atomic E-state index is 0.0414. The van der Waals surface area contributed by atoms with Crippen LogP contribution < -0.4 is 15.5 Å². The van der Waals surface area contributed by atoms with E-state index >= 15 is 0 Å². The van der Waals surface area contributed by atoms with Crippen molar-refractivity contribution in [3.05, 3.63) is 83.9 Å². The maximum atomic E-state index is 12.7. The number of rotatable bonds is 5. The molecule has 0 atom stereocenters. The molecule has 146 valence electrons. The summed E-state index contributed by atoms with van der Waals surface area (Å²) in [5.41, 5.74) is 4.23. The van der Waals surface area contributed by atoms with Crippen LogP contribution in [0, 0.1) is 0 Å². The smallest absolute Gasteiger partial charge is 0.255 e. The van der Waals surface area contributed by atoms with Crippen molar-refractivity contribution in [1.29, 1.82) is 0 Å². The lowest BCUT2D eigenvalue weighted by atomic mass is 10.1. The van der Waals surface area contributed by atoms with Crippen LogP contribution in [-0.4, -0.2) is 24.6 Å². The second-order valence-corrected chi connectivity index (χ2v) is 7.81. The molecule has 4 rings (SSSR count). The molecule has 2 N–H and O–H groups in total. The van der Waals surface area contributed by atoms with Gasteiger partial charge in [0.1, 0.15) is 0 Å². The van der Waals surface area contributed by atoms with Crippen molar-refractivity contribution in [2.24, 2.45) is 0 Å². The molecule has 0 aliphatic carbocycles. The predicted octanol–water partition coefficient (Wildman–Crippen LogP) is 4.62. The molecule has 0 radical (unpaired) electrons. The molecule has 6 heteroatoms. The minimum atomic E-state index is -0.195. The molecule has 5 nitrogen and oxygen atoms in total. The zero-order valence-corrected chi connectivity index (χ0v) is 16.8. The van der Waals surface area contributed by atoms with Gasteiger partial charge in [0.2, 0.25) is 5.91 Å². The molecule has 0 spiro atoms. The van der Waals surface area contributed by atoms with E-state index in [2.05, 4.69) is 10.6 Å². The minimum Gasteiger partial charge on any atom is -0.381 e. The lowest BCUT2D eigenvalue weighted by Gasteiger charge is -2.25. The standard InChI is InChI=1S/C23H21N3O2S/c1-26-20-13-17(9-12-21(20)29-15-22(26)27)23(28)25-19-10-7-16(8-11-19)14-24-18-5-3-2-4-6-18/h2-13,24H,14-15H2,1H3,(H,25,28). The Morgan fingerprint density at radius 3 is 2.52 bits per heavy atom. The van der Waals surface area contributed by atoms with Crippen LogP contribution in [0.2, 0.25) is 0 Å². The number of para-hydroxylation sites is 1. The van der Waals surface area contributed by atoms with E-state index in [0.717, 1.165) is 27.5 Å². The Bertz CT molecular complexity index is 1040. The van der Waals surface area contributed by atoms with Gasteiger partial charge in [-0.1, -0.05) is 30.3 Å². The number of carbonyl (C=O) groups excluding carboxylic acids is 2. The number of anilines is 3. The zero-order valence-electron chi connectivity index (χ0n) is 16.0. The van der Waals surface area contributed by atoms with Gasteiger partial charge in [-0.15, -0.1) is 11.8 Å². The summed E-state index contributed by atoms with van der Waals surface area (Å²) < 4.78 is 0. The third-order valence-electron chi connectivity index (χ3n) is 4.79. The van der Waals surface area contributed by atoms with Gasteiger partial charge in [0.15, 0.2) is 0 Å². The van der Waals surface area contributed by atoms with Crippen LogP contribution in [0.3, 0.4) is 0 Å². The van der Waals surface area contributed by atoms with Crippen molar-refractivity contribution in [2.75, 3.05) is 28.3 Å². The van der Waals surface area contributed by atoms with Crippen LogP contribution in [0.25, 0.3) is 0 Å². The van der Waals surface area contributed by atoms with Gasteiger partial charge in [-0.3, -0.25) is 9.59 Å². The van der Waals surface area contributed by atoms with Crippen LogP contribution in [0.15, 0.2) is 77.7 Å². The maximum Gasteiger partial charge on any atom is 0.255 e. The largest absolute Gasteiger partial charge is 0.381 e. The third kappa shape index (κ3) is 4.43. The van der Waals surface area contributed by atoms with Gasteiger partial charge in [0.05, 0.1) is 11.4 Å². The fraction of sp³-hybridized carbons (Fsp3) is 0.130. The Hall–Kier alpha value is -3.25. The number of carbonyl (C=O) groups is 2. The lowest BCUT2D eigenvalue weighted by molar-refractivity contribution is -0.116. The molecule has 0 unspecified atom stereocenters. The topological polar surface area (TPSA) is 61.4 Å². The van der Waals surface area contributed by atoms with E-state index in [1.807, 2.05) is 60.7 Å². The van der Waals surface area contributed by atoms with E-state index in [-0.39, 0.29) is 11.8 Å². The summed E-state index contributed by atoms with van der Waals surface area (Å²) in [6, 6.07) is 23.2. The van der Waals surface area contributed by atoms with Gasteiger partial charge in [0, 0.05) is 35.4 Å². The number of nitrogens with one attached hydrogen (secondary N) is 2. The number of fused-ring (bicyclic) bond motifs is 1. The highest BCUT2D eigenvalue weighted by Crippen LogP contribution is 2.35. The van der Waals surface area contributed by atoms with Crippen molar-refractivity contribution in [2.45, 2.75) is 11.4 Å². The van der Waals surface area contributed by atoms with E-state index in [4.69, 9.17) is 0 Å². The van der Waals surface area contributed by atoms with Crippen LogP contribution in [0.5, 0.6) is 0 Å². The zero-order chi connectivity index (χ0) is 20.2. The Morgan fingerprint density at radius 2 is 1.76 bits per heavy atom. The molecular formula is C23H21N3O2S. The number of benzene rings is 3. The first kappa shape index (κ1) is 19.1. The van der Waals surface area contributed by atoms with Crippen LogP contribution in [0.4, 0.5) is 17.1 Å². The molecule has 1 aliphatic rings. The van der Waals surface area contributed by atoms with Gasteiger partial charge in [-0.25, -0.2) is 0 Å². The first-order chi connectivity index (χ1) is 14.1. The summed E-state index contributed by atoms with van der Waals surface area (Å²) in [4.78, 5) is 27.2. The number of thioether (sulfide) groups is 1. The van der Waals surface area contributed by atoms with Gasteiger partial charge in [-0.2, -0.15) is 0 Å². The van der Waals surface area contributed by atoms with Crippen LogP contribution in [-0.2, 0) is 11.3 Å². The number of nitrogens with zero attached hydrogens (tertiary/aromatic N) is 1. The van der Waals surface area contributed by atoms with Crippen molar-refractivity contribution in [3.8, 4) is 0 Å². The highest BCUT2D eigenvalue weighted by molar-refractivity contribution is 8.00. The van der Waals surface area contributed by atoms with Crippen molar-refractivity contribution >= 4 is 40.6 Å². The lowest BCUT2D eigenvalue weighted by Crippen LogP contribution is -2.31. The van der Waals surface area contributed by atoms with E-state index < -0.39 is 0 Å². The normalized spacial score (nSPS) is 13.0. The summed E-state index contributed by atoms with van der Waals surface area (Å²) in [7, 11) is 1.74. The second kappa shape index (κ2) is 8.41. The fourth-order valence-electron chi connectivity index (χ4n) is 3.08. The average molecular weight is 404 g/mol. The Labute approximate surface area is 174 Å². The summed E-state index contributed by atoms with van der Waals surface area (Å²) in [6.07, 6.45) is 0. The first-order valence-electron chi connectivity index (χ1n) is 9.33. The van der Waals surface area contributed by atoms with E-state index in [9.17, 15) is 9.59 Å². The van der Waals surface area contributed by atoms with Crippen molar-refractivity contribution < 1.29 is 9.59 Å². The summed E-state index contributed by atoms with van der Waals surface area (Å²) >= 11 is 1.50. The SMILES string of the molecule is CN1C(=O)CSc2ccc(C(=O)Nc3ccc(CNc4ccccc4)cc3)cc21. The summed E-state index contributed by atoms with van der Waals surface area (Å²) in [5, 5.41) is 6.28. The molecular weight excluding hydrogens is 382 g/mol. The number of amides is 2. The van der Waals surface area contributed by atoms with Crippen molar-refractivity contribution in [3.63, 3.8) is 0 Å². The Morgan fingerprint density at radius 1 is 1.00 bits per heavy atom. The van der Waals surface area contributed by atoms with Gasteiger partial charge < -0.3 is 15.5 Å². The van der Waals surface area contributed by atoms with E-state index in [0.29, 0.717) is 17.9 Å². The van der Waals surface area contributed by atoms with Crippen molar-refractivity contribution in [1.82, 2.24) is 0 Å². The molecule has 0 saturated carbocycles. The summed E-state index contributed by atoms with van der Waals surface area (Å²) in [5.74, 6) is 0.278. The number of hydrogen-bond acceptors (Lipinski definition) is 4. The van der Waals surface area contributed by atoms with Gasteiger partial charge in [-0.05, 0) is 48.0 Å². The average Bonchev–Trinajstić information content (AvgIpc) is 2.76. The molecule has 29 heavy (non-hydrogen) atoms. The molecule has 0 bridgehead atoms. The molecule has 1 aliphatic heterocycles. The summed E-state index contributed by atoms with van der Waals surface area (Å²) in [6.45, 7) is 0.709. The van der Waals surface area contributed by atoms with Crippen LogP contribution in [0.1, 0.15) is 15.9 Å². The highest BCUT2D eigenvalue weighted by Gasteiger charge is 2.22.